The van der Waals surface area contributed by atoms with Gasteiger partial charge in [-0.2, -0.15) is 0 Å². The van der Waals surface area contributed by atoms with Gasteiger partial charge in [0.25, 0.3) is 5.91 Å². The van der Waals surface area contributed by atoms with Crippen LogP contribution < -0.4 is 9.62 Å². The Morgan fingerprint density at radius 1 is 0.968 bits per heavy atom. The summed E-state index contributed by atoms with van der Waals surface area (Å²) >= 11 is 0. The predicted molar refractivity (Wildman–Crippen MR) is 124 cm³/mol. The van der Waals surface area contributed by atoms with Crippen molar-refractivity contribution in [3.63, 3.8) is 0 Å². The van der Waals surface area contributed by atoms with E-state index in [1.807, 2.05) is 49.4 Å². The largest absolute Gasteiger partial charge is 0.380 e. The molecular formula is C24H26N2O4S. The zero-order chi connectivity index (χ0) is 22.4. The second kappa shape index (κ2) is 9.76. The number of hydrogen-bond donors (Lipinski definition) is 1. The van der Waals surface area contributed by atoms with E-state index >= 15 is 0 Å². The van der Waals surface area contributed by atoms with Crippen LogP contribution in [0.1, 0.15) is 27.0 Å². The lowest BCUT2D eigenvalue weighted by Gasteiger charge is -2.23. The highest BCUT2D eigenvalue weighted by Gasteiger charge is 2.18. The quantitative estimate of drug-likeness (QED) is 0.567. The van der Waals surface area contributed by atoms with Crippen LogP contribution in [-0.4, -0.2) is 27.7 Å². The monoisotopic (exact) mass is 438 g/mol. The van der Waals surface area contributed by atoms with Crippen LogP contribution in [0, 0.1) is 6.92 Å². The molecule has 7 heteroatoms. The fourth-order valence-corrected chi connectivity index (χ4v) is 4.10. The van der Waals surface area contributed by atoms with E-state index in [4.69, 9.17) is 4.74 Å². The molecule has 0 heterocycles. The zero-order valence-corrected chi connectivity index (χ0v) is 18.6. The van der Waals surface area contributed by atoms with Gasteiger partial charge in [0.15, 0.2) is 0 Å². The minimum absolute atomic E-state index is 0.184. The van der Waals surface area contributed by atoms with E-state index in [9.17, 15) is 13.2 Å². The first-order chi connectivity index (χ1) is 14.8. The molecule has 0 atom stereocenters. The van der Waals surface area contributed by atoms with Gasteiger partial charge in [0.2, 0.25) is 10.0 Å². The molecule has 31 heavy (non-hydrogen) atoms. The van der Waals surface area contributed by atoms with Crippen LogP contribution in [0.2, 0.25) is 0 Å². The van der Waals surface area contributed by atoms with Crippen LogP contribution >= 0.6 is 0 Å². The van der Waals surface area contributed by atoms with E-state index in [2.05, 4.69) is 5.32 Å². The highest BCUT2D eigenvalue weighted by atomic mass is 32.2. The molecule has 0 aliphatic rings. The summed E-state index contributed by atoms with van der Waals surface area (Å²) in [6.45, 7) is 2.57. The first-order valence-corrected chi connectivity index (χ1v) is 11.6. The number of carbonyl (C=O) groups is 1. The van der Waals surface area contributed by atoms with Crippen molar-refractivity contribution in [1.29, 1.82) is 0 Å². The van der Waals surface area contributed by atoms with E-state index in [-0.39, 0.29) is 12.5 Å². The molecule has 1 N–H and O–H groups in total. The third-order valence-corrected chi connectivity index (χ3v) is 5.87. The van der Waals surface area contributed by atoms with Crippen LogP contribution in [0.5, 0.6) is 0 Å². The Morgan fingerprint density at radius 2 is 1.68 bits per heavy atom. The number of nitrogens with one attached hydrogen (secondary N) is 1. The lowest BCUT2D eigenvalue weighted by atomic mass is 10.1. The molecule has 0 aliphatic heterocycles. The second-order valence-corrected chi connectivity index (χ2v) is 9.30. The van der Waals surface area contributed by atoms with E-state index in [0.29, 0.717) is 23.5 Å². The Balaban J connectivity index is 1.74. The fourth-order valence-electron chi connectivity index (χ4n) is 3.22. The lowest BCUT2D eigenvalue weighted by molar-refractivity contribution is 0.102. The number of ether oxygens (including phenoxy) is 1. The lowest BCUT2D eigenvalue weighted by Crippen LogP contribution is -2.29. The Morgan fingerprint density at radius 3 is 2.32 bits per heavy atom. The van der Waals surface area contributed by atoms with E-state index in [0.717, 1.165) is 16.7 Å². The van der Waals surface area contributed by atoms with Crippen LogP contribution in [0.3, 0.4) is 0 Å². The topological polar surface area (TPSA) is 75.7 Å². The summed E-state index contributed by atoms with van der Waals surface area (Å²) in [4.78, 5) is 12.6. The van der Waals surface area contributed by atoms with Crippen molar-refractivity contribution < 1.29 is 17.9 Å². The molecule has 162 valence electrons. The molecule has 0 spiro atoms. The van der Waals surface area contributed by atoms with E-state index in [1.54, 1.807) is 37.4 Å². The number of benzene rings is 3. The smallest absolute Gasteiger partial charge is 0.255 e. The summed E-state index contributed by atoms with van der Waals surface area (Å²) < 4.78 is 31.2. The maximum atomic E-state index is 12.6. The average Bonchev–Trinajstić information content (AvgIpc) is 2.72. The van der Waals surface area contributed by atoms with Gasteiger partial charge in [-0.3, -0.25) is 9.10 Å². The van der Waals surface area contributed by atoms with Gasteiger partial charge in [-0.05, 0) is 60.0 Å². The molecule has 0 unspecified atom stereocenters. The van der Waals surface area contributed by atoms with Crippen molar-refractivity contribution in [2.75, 3.05) is 23.0 Å². The third-order valence-electron chi connectivity index (χ3n) is 4.73. The third kappa shape index (κ3) is 6.16. The first-order valence-electron chi connectivity index (χ1n) is 9.79. The van der Waals surface area contributed by atoms with Crippen LogP contribution in [0.15, 0.2) is 72.8 Å². The molecule has 0 saturated heterocycles. The summed E-state index contributed by atoms with van der Waals surface area (Å²) in [6, 6.07) is 21.7. The molecule has 1 amide bonds. The van der Waals surface area contributed by atoms with Crippen molar-refractivity contribution in [3.05, 3.63) is 95.1 Å². The molecule has 0 aliphatic carbocycles. The Bertz CT molecular complexity index is 1160. The summed E-state index contributed by atoms with van der Waals surface area (Å²) in [5.41, 5.74) is 4.51. The van der Waals surface area contributed by atoms with Gasteiger partial charge in [-0.15, -0.1) is 0 Å². The van der Waals surface area contributed by atoms with Crippen molar-refractivity contribution in [3.8, 4) is 0 Å². The zero-order valence-electron chi connectivity index (χ0n) is 17.8. The van der Waals surface area contributed by atoms with Gasteiger partial charge in [0.05, 0.1) is 25.1 Å². The molecule has 0 aromatic heterocycles. The SMILES string of the molecule is COCc1cccc(NC(=O)c2ccc(CN(c3cccc(C)c3)S(C)(=O)=O)cc2)c1. The number of rotatable bonds is 8. The normalized spacial score (nSPS) is 11.2. The average molecular weight is 439 g/mol. The molecular weight excluding hydrogens is 412 g/mol. The highest BCUT2D eigenvalue weighted by molar-refractivity contribution is 7.92. The van der Waals surface area contributed by atoms with Gasteiger partial charge >= 0.3 is 0 Å². The van der Waals surface area contributed by atoms with Gasteiger partial charge in [-0.1, -0.05) is 36.4 Å². The standard InChI is InChI=1S/C24H26N2O4S/c1-18-6-4-9-23(14-18)26(31(3,28)29)16-19-10-12-21(13-11-19)24(27)25-22-8-5-7-20(15-22)17-30-2/h4-15H,16-17H2,1-3H3,(H,25,27). The fraction of sp³-hybridized carbons (Fsp3) is 0.208. The van der Waals surface area contributed by atoms with Gasteiger partial charge < -0.3 is 10.1 Å². The Hall–Kier alpha value is -3.16. The minimum Gasteiger partial charge on any atom is -0.380 e. The summed E-state index contributed by atoms with van der Waals surface area (Å²) in [5.74, 6) is -0.236. The molecule has 0 bridgehead atoms. The Labute approximate surface area is 183 Å². The number of sulfonamides is 1. The molecule has 0 fully saturated rings. The predicted octanol–water partition coefficient (Wildman–Crippen LogP) is 4.36. The van der Waals surface area contributed by atoms with Crippen molar-refractivity contribution in [1.82, 2.24) is 0 Å². The van der Waals surface area contributed by atoms with Crippen LogP contribution in [-0.2, 0) is 27.9 Å². The number of aryl methyl sites for hydroxylation is 1. The molecule has 0 saturated carbocycles. The number of hydrogen-bond acceptors (Lipinski definition) is 4. The van der Waals surface area contributed by atoms with E-state index < -0.39 is 10.0 Å². The van der Waals surface area contributed by atoms with Gasteiger partial charge in [-0.25, -0.2) is 8.42 Å². The molecule has 0 radical (unpaired) electrons. The number of carbonyl (C=O) groups excluding carboxylic acids is 1. The van der Waals surface area contributed by atoms with Gasteiger partial charge in [0.1, 0.15) is 0 Å². The van der Waals surface area contributed by atoms with Crippen molar-refractivity contribution in [2.24, 2.45) is 0 Å². The van der Waals surface area contributed by atoms with Crippen molar-refractivity contribution >= 4 is 27.3 Å². The van der Waals surface area contributed by atoms with E-state index in [1.165, 1.54) is 10.6 Å². The van der Waals surface area contributed by atoms with Gasteiger partial charge in [0, 0.05) is 18.4 Å². The van der Waals surface area contributed by atoms with Crippen molar-refractivity contribution in [2.45, 2.75) is 20.1 Å². The minimum atomic E-state index is -3.47. The van der Waals surface area contributed by atoms with Crippen LogP contribution in [0.4, 0.5) is 11.4 Å². The summed E-state index contributed by atoms with van der Waals surface area (Å²) in [6.07, 6.45) is 1.19. The maximum Gasteiger partial charge on any atom is 0.255 e. The molecule has 6 nitrogen and oxygen atoms in total. The number of amides is 1. The maximum absolute atomic E-state index is 12.6. The Kier molecular flexibility index (Phi) is 7.09. The number of nitrogens with zero attached hydrogens (tertiary/aromatic N) is 1. The summed E-state index contributed by atoms with van der Waals surface area (Å²) in [5, 5.41) is 2.87. The molecule has 3 aromatic rings. The molecule has 3 rings (SSSR count). The second-order valence-electron chi connectivity index (χ2n) is 7.39. The van der Waals surface area contributed by atoms with Crippen LogP contribution in [0.25, 0.3) is 0 Å². The summed E-state index contributed by atoms with van der Waals surface area (Å²) in [7, 11) is -1.84. The first kappa shape index (κ1) is 22.5. The number of methoxy groups -OCH3 is 1. The highest BCUT2D eigenvalue weighted by Crippen LogP contribution is 2.22. The molecule has 3 aromatic carbocycles. The number of anilines is 2.